The predicted molar refractivity (Wildman–Crippen MR) is 210 cm³/mol. The van der Waals surface area contributed by atoms with E-state index in [-0.39, 0.29) is 76.5 Å². The van der Waals surface area contributed by atoms with Crippen molar-refractivity contribution >= 4 is 23.0 Å². The third-order valence-corrected chi connectivity index (χ3v) is 11.7. The Bertz CT molecular complexity index is 2350. The van der Waals surface area contributed by atoms with E-state index in [1.165, 1.54) is 12.1 Å². The molecule has 2 aliphatic carbocycles. The van der Waals surface area contributed by atoms with Gasteiger partial charge in [-0.3, -0.25) is 9.59 Å². The van der Waals surface area contributed by atoms with Gasteiger partial charge in [0, 0.05) is 11.1 Å². The van der Waals surface area contributed by atoms with Crippen LogP contribution in [-0.2, 0) is 34.3 Å². The molecule has 2 unspecified atom stereocenters. The first kappa shape index (κ1) is 52.6. The van der Waals surface area contributed by atoms with E-state index in [4.69, 9.17) is 0 Å². The zero-order chi connectivity index (χ0) is 45.5. The van der Waals surface area contributed by atoms with Gasteiger partial charge in [-0.05, 0) is 110 Å². The number of alkyl halides is 12. The van der Waals surface area contributed by atoms with Crippen LogP contribution in [0.25, 0.3) is 33.4 Å². The summed E-state index contributed by atoms with van der Waals surface area (Å²) < 4.78 is 160. The van der Waals surface area contributed by atoms with Crippen LogP contribution in [0.15, 0.2) is 96.4 Å². The van der Waals surface area contributed by atoms with Gasteiger partial charge in [-0.25, -0.2) is 0 Å². The fourth-order valence-electron chi connectivity index (χ4n) is 7.92. The van der Waals surface area contributed by atoms with Crippen LogP contribution in [0.5, 0.6) is 0 Å². The van der Waals surface area contributed by atoms with Gasteiger partial charge in [-0.2, -0.15) is 52.7 Å². The van der Waals surface area contributed by atoms with Crippen LogP contribution in [-0.4, -0.2) is 38.6 Å². The van der Waals surface area contributed by atoms with Crippen molar-refractivity contribution in [1.82, 2.24) is 10.6 Å². The van der Waals surface area contributed by atoms with Crippen molar-refractivity contribution in [2.45, 2.75) is 82.7 Å². The Morgan fingerprint density at radius 3 is 1.02 bits per heavy atom. The normalized spacial score (nSPS) is 21.1. The van der Waals surface area contributed by atoms with Crippen molar-refractivity contribution in [2.75, 3.05) is 0 Å². The summed E-state index contributed by atoms with van der Waals surface area (Å²) in [5.74, 6) is -2.52. The Balaban J connectivity index is 0.000000272. The zero-order valence-corrected chi connectivity index (χ0v) is 35.8. The topological polar surface area (TPSA) is 129 Å². The fourth-order valence-corrected chi connectivity index (χ4v) is 7.92. The number of hydrogen-bond donors (Lipinski definition) is 4. The molecule has 8 rings (SSSR count). The van der Waals surface area contributed by atoms with E-state index in [0.29, 0.717) is 0 Å². The SMILES string of the molecule is C.CC1(C2CC2)NC(=O)C(c2ccc(-c3ccc(C(F)(F)F)cc3)cc2C(F)(F)F)=C1O.CC1(C2CC2)NC(=O)C(c2ccc(-c3ccc(C(F)(F)F)cc3)cc2C(F)(F)F)=C1O.[Na+].[OH-]. The third kappa shape index (κ3) is 10.2. The van der Waals surface area contributed by atoms with Gasteiger partial charge in [0.2, 0.25) is 0 Å². The van der Waals surface area contributed by atoms with Crippen molar-refractivity contribution in [2.24, 2.45) is 11.8 Å². The number of carbonyl (C=O) groups is 2. The number of rotatable bonds is 6. The summed E-state index contributed by atoms with van der Waals surface area (Å²) in [6.07, 6.45) is -15.9. The van der Waals surface area contributed by atoms with E-state index in [1.54, 1.807) is 13.8 Å². The van der Waals surface area contributed by atoms with Gasteiger partial charge < -0.3 is 26.3 Å². The summed E-state index contributed by atoms with van der Waals surface area (Å²) in [5, 5.41) is 26.5. The molecule has 0 radical (unpaired) electrons. The van der Waals surface area contributed by atoms with Crippen LogP contribution in [0.4, 0.5) is 52.7 Å². The van der Waals surface area contributed by atoms with Crippen LogP contribution < -0.4 is 40.2 Å². The van der Waals surface area contributed by atoms with Crippen molar-refractivity contribution in [3.8, 4) is 22.3 Å². The Labute approximate surface area is 386 Å². The first-order chi connectivity index (χ1) is 28.6. The van der Waals surface area contributed by atoms with Gasteiger partial charge in [0.05, 0.1) is 44.5 Å². The average molecular weight is 939 g/mol. The van der Waals surface area contributed by atoms with E-state index >= 15 is 0 Å². The minimum Gasteiger partial charge on any atom is -0.870 e. The van der Waals surface area contributed by atoms with Crippen molar-refractivity contribution in [1.29, 1.82) is 0 Å². The van der Waals surface area contributed by atoms with Crippen molar-refractivity contribution in [3.05, 3.63) is 130 Å². The summed E-state index contributed by atoms with van der Waals surface area (Å²) >= 11 is 0. The summed E-state index contributed by atoms with van der Waals surface area (Å²) in [6, 6.07) is 13.8. The Morgan fingerprint density at radius 1 is 0.492 bits per heavy atom. The molecular weight excluding hydrogens is 899 g/mol. The largest absolute Gasteiger partial charge is 1.00 e. The van der Waals surface area contributed by atoms with Gasteiger partial charge >= 0.3 is 54.3 Å². The molecule has 344 valence electrons. The number of aliphatic hydroxyl groups is 2. The van der Waals surface area contributed by atoms with E-state index in [2.05, 4.69) is 10.6 Å². The quantitative estimate of drug-likeness (QED) is 0.113. The molecule has 5 N–H and O–H groups in total. The number of aliphatic hydroxyl groups excluding tert-OH is 2. The van der Waals surface area contributed by atoms with E-state index in [0.717, 1.165) is 98.5 Å². The maximum absolute atomic E-state index is 13.9. The monoisotopic (exact) mass is 938 g/mol. The molecular formula is C45H39F12N2NaO5. The number of hydrogen-bond acceptors (Lipinski definition) is 5. The smallest absolute Gasteiger partial charge is 0.870 e. The second-order valence-electron chi connectivity index (χ2n) is 16.0. The standard InChI is InChI=1S/2C22H17F6NO2.CH4.Na.H2O/c2*1-20(13-7-8-13)18(30)17(19(31)29-20)15-9-4-12(10-16(15)22(26,27)28)11-2-5-14(6-3-11)21(23,24)25;;;/h2*2-6,9-10,13,30H,7-8H2,1H3,(H,29,31);1H4;;1H2/q;;;+1;/p-1. The van der Waals surface area contributed by atoms with Crippen LogP contribution in [0.2, 0.25) is 0 Å². The zero-order valence-electron chi connectivity index (χ0n) is 33.8. The summed E-state index contributed by atoms with van der Waals surface area (Å²) in [7, 11) is 0. The molecule has 0 bridgehead atoms. The molecule has 7 nitrogen and oxygen atoms in total. The molecule has 2 amide bonds. The van der Waals surface area contributed by atoms with E-state index in [1.807, 2.05) is 0 Å². The summed E-state index contributed by atoms with van der Waals surface area (Å²) in [4.78, 5) is 25.0. The molecule has 2 fully saturated rings. The first-order valence-corrected chi connectivity index (χ1v) is 19.0. The molecule has 2 atom stereocenters. The molecule has 0 aromatic heterocycles. The third-order valence-electron chi connectivity index (χ3n) is 11.7. The maximum atomic E-state index is 13.9. The predicted octanol–water partition coefficient (Wildman–Crippen LogP) is 9.38. The number of amides is 2. The Morgan fingerprint density at radius 2 is 0.769 bits per heavy atom. The molecule has 2 saturated carbocycles. The van der Waals surface area contributed by atoms with Gasteiger partial charge in [0.25, 0.3) is 11.8 Å². The summed E-state index contributed by atoms with van der Waals surface area (Å²) in [6.45, 7) is 3.16. The minimum atomic E-state index is -4.86. The second kappa shape index (κ2) is 18.0. The number of nitrogens with one attached hydrogen (secondary N) is 2. The molecule has 4 aromatic rings. The molecule has 2 aliphatic heterocycles. The molecule has 0 saturated heterocycles. The molecule has 65 heavy (non-hydrogen) atoms. The van der Waals surface area contributed by atoms with Crippen LogP contribution in [0.3, 0.4) is 0 Å². The van der Waals surface area contributed by atoms with Crippen molar-refractivity contribution < 1.29 is 108 Å². The van der Waals surface area contributed by atoms with Gasteiger partial charge in [-0.15, -0.1) is 0 Å². The molecule has 0 spiro atoms. The number of halogens is 12. The van der Waals surface area contributed by atoms with E-state index in [9.17, 15) is 72.5 Å². The number of benzene rings is 4. The minimum absolute atomic E-state index is 0. The van der Waals surface area contributed by atoms with Crippen LogP contribution in [0, 0.1) is 11.8 Å². The number of carbonyl (C=O) groups excluding carboxylic acids is 2. The van der Waals surface area contributed by atoms with Gasteiger partial charge in [-0.1, -0.05) is 56.0 Å². The van der Waals surface area contributed by atoms with Gasteiger partial charge in [0.15, 0.2) is 0 Å². The second-order valence-corrected chi connectivity index (χ2v) is 16.0. The maximum Gasteiger partial charge on any atom is 1.00 e. The molecule has 4 aliphatic rings. The van der Waals surface area contributed by atoms with Crippen LogP contribution in [0.1, 0.15) is 80.3 Å². The molecule has 20 heteroatoms. The molecule has 4 aromatic carbocycles. The average Bonchev–Trinajstić information content (AvgIpc) is 4.11. The molecule has 2 heterocycles. The van der Waals surface area contributed by atoms with Gasteiger partial charge in [0.1, 0.15) is 11.5 Å². The van der Waals surface area contributed by atoms with E-state index < -0.39 is 104 Å². The Kier molecular flexibility index (Phi) is 14.6. The Hall–Kier alpha value is -4.98. The fraction of sp³-hybridized carbons (Fsp3) is 0.333. The van der Waals surface area contributed by atoms with Crippen LogP contribution >= 0.6 is 0 Å². The van der Waals surface area contributed by atoms with Crippen molar-refractivity contribution in [3.63, 3.8) is 0 Å². The first-order valence-electron chi connectivity index (χ1n) is 19.0. The summed E-state index contributed by atoms with van der Waals surface area (Å²) in [5.41, 5.74) is -7.77.